The van der Waals surface area contributed by atoms with Crippen LogP contribution in [0.5, 0.6) is 0 Å². The average molecular weight is 207 g/mol. The minimum Gasteiger partial charge on any atom is -0.399 e. The molecule has 0 bridgehead atoms. The van der Waals surface area contributed by atoms with Gasteiger partial charge in [-0.25, -0.2) is 0 Å². The molecule has 0 saturated carbocycles. The Bertz CT molecular complexity index is 234. The van der Waals surface area contributed by atoms with Gasteiger partial charge in [0.1, 0.15) is 6.29 Å². The van der Waals surface area contributed by atoms with Gasteiger partial charge in [0.2, 0.25) is 0 Å². The Kier molecular flexibility index (Phi) is 9.83. The number of carbonyl (C=O) groups is 1. The highest BCUT2D eigenvalue weighted by Crippen LogP contribution is 1.99. The molecule has 15 heavy (non-hydrogen) atoms. The second-order valence-electron chi connectivity index (χ2n) is 3.43. The zero-order valence-electron chi connectivity index (χ0n) is 9.49. The minimum atomic E-state index is 0.750. The third kappa shape index (κ3) is 10.6. The topological polar surface area (TPSA) is 43.1 Å². The number of hydrogen-bond acceptors (Lipinski definition) is 2. The second-order valence-corrected chi connectivity index (χ2v) is 3.43. The maximum absolute atomic E-state index is 9.77. The molecule has 0 aromatic heterocycles. The number of nitrogens with two attached hydrogens (primary N) is 1. The quantitative estimate of drug-likeness (QED) is 0.456. The van der Waals surface area contributed by atoms with Crippen LogP contribution in [0.2, 0.25) is 0 Å². The molecule has 0 atom stereocenters. The van der Waals surface area contributed by atoms with Crippen molar-refractivity contribution in [1.29, 1.82) is 0 Å². The van der Waals surface area contributed by atoms with Crippen molar-refractivity contribution in [3.05, 3.63) is 30.3 Å². The van der Waals surface area contributed by atoms with E-state index < -0.39 is 0 Å². The molecule has 0 aliphatic carbocycles. The Hall–Kier alpha value is -1.31. The Morgan fingerprint density at radius 2 is 1.80 bits per heavy atom. The van der Waals surface area contributed by atoms with Crippen LogP contribution in [0.4, 0.5) is 5.69 Å². The maximum Gasteiger partial charge on any atom is 0.119 e. The van der Waals surface area contributed by atoms with Crippen LogP contribution in [0, 0.1) is 0 Å². The predicted octanol–water partition coefficient (Wildman–Crippen LogP) is 3.42. The molecular formula is C13H21NO. The molecule has 0 radical (unpaired) electrons. The molecule has 0 aliphatic heterocycles. The molecule has 0 amide bonds. The molecule has 1 rings (SSSR count). The van der Waals surface area contributed by atoms with Crippen molar-refractivity contribution >= 4 is 12.0 Å². The molecule has 2 heteroatoms. The standard InChI is InChI=1S/C7H14O.C6H7N/c1-2-3-4-5-6-7-8;7-6-4-2-1-3-5-6/h7H,2-6H2,1H3;1-5H,7H2. The molecule has 0 unspecified atom stereocenters. The van der Waals surface area contributed by atoms with E-state index in [2.05, 4.69) is 6.92 Å². The molecule has 2 nitrogen and oxygen atoms in total. The van der Waals surface area contributed by atoms with Crippen LogP contribution in [0.25, 0.3) is 0 Å². The van der Waals surface area contributed by atoms with E-state index in [1.54, 1.807) is 0 Å². The smallest absolute Gasteiger partial charge is 0.119 e. The van der Waals surface area contributed by atoms with Gasteiger partial charge in [-0.1, -0.05) is 44.4 Å². The Morgan fingerprint density at radius 3 is 2.20 bits per heavy atom. The van der Waals surface area contributed by atoms with Gasteiger partial charge >= 0.3 is 0 Å². The van der Waals surface area contributed by atoms with Crippen LogP contribution < -0.4 is 5.73 Å². The summed E-state index contributed by atoms with van der Waals surface area (Å²) < 4.78 is 0. The van der Waals surface area contributed by atoms with Crippen LogP contribution in [-0.2, 0) is 4.79 Å². The summed E-state index contributed by atoms with van der Waals surface area (Å²) in [5, 5.41) is 0. The highest BCUT2D eigenvalue weighted by Gasteiger charge is 1.83. The lowest BCUT2D eigenvalue weighted by atomic mass is 10.2. The Morgan fingerprint density at radius 1 is 1.13 bits per heavy atom. The highest BCUT2D eigenvalue weighted by atomic mass is 16.1. The third-order valence-electron chi connectivity index (χ3n) is 1.98. The second kappa shape index (κ2) is 10.8. The first kappa shape index (κ1) is 13.7. The lowest BCUT2D eigenvalue weighted by Crippen LogP contribution is -1.79. The lowest BCUT2D eigenvalue weighted by molar-refractivity contribution is -0.107. The van der Waals surface area contributed by atoms with Crippen LogP contribution in [0.15, 0.2) is 30.3 Å². The van der Waals surface area contributed by atoms with Gasteiger partial charge in [0.15, 0.2) is 0 Å². The van der Waals surface area contributed by atoms with E-state index in [4.69, 9.17) is 5.73 Å². The van der Waals surface area contributed by atoms with E-state index in [-0.39, 0.29) is 0 Å². The maximum atomic E-state index is 9.77. The summed E-state index contributed by atoms with van der Waals surface area (Å²) in [7, 11) is 0. The van der Waals surface area contributed by atoms with E-state index in [1.165, 1.54) is 19.3 Å². The van der Waals surface area contributed by atoms with E-state index in [0.29, 0.717) is 0 Å². The first-order valence-electron chi connectivity index (χ1n) is 5.55. The molecule has 0 heterocycles. The van der Waals surface area contributed by atoms with Crippen LogP contribution in [0.3, 0.4) is 0 Å². The van der Waals surface area contributed by atoms with E-state index >= 15 is 0 Å². The fraction of sp³-hybridized carbons (Fsp3) is 0.462. The monoisotopic (exact) mass is 207 g/mol. The van der Waals surface area contributed by atoms with Crippen molar-refractivity contribution < 1.29 is 4.79 Å². The first-order chi connectivity index (χ1) is 7.31. The van der Waals surface area contributed by atoms with E-state index in [0.717, 1.165) is 24.8 Å². The van der Waals surface area contributed by atoms with Gasteiger partial charge in [-0.05, 0) is 18.6 Å². The minimum absolute atomic E-state index is 0.750. The summed E-state index contributed by atoms with van der Waals surface area (Å²) >= 11 is 0. The zero-order chi connectivity index (χ0) is 11.4. The van der Waals surface area contributed by atoms with Gasteiger partial charge in [-0.15, -0.1) is 0 Å². The lowest BCUT2D eigenvalue weighted by Gasteiger charge is -1.90. The predicted molar refractivity (Wildman–Crippen MR) is 65.7 cm³/mol. The number of para-hydroxylation sites is 1. The molecule has 0 saturated heterocycles. The number of benzene rings is 1. The Labute approximate surface area is 92.5 Å². The summed E-state index contributed by atoms with van der Waals surface area (Å²) in [5.41, 5.74) is 6.18. The first-order valence-corrected chi connectivity index (χ1v) is 5.55. The third-order valence-corrected chi connectivity index (χ3v) is 1.98. The molecule has 0 aliphatic rings. The number of carbonyl (C=O) groups excluding carboxylic acids is 1. The molecule has 84 valence electrons. The zero-order valence-corrected chi connectivity index (χ0v) is 9.49. The van der Waals surface area contributed by atoms with Crippen molar-refractivity contribution in [1.82, 2.24) is 0 Å². The SMILES string of the molecule is CCCCCCC=O.Nc1ccccc1. The van der Waals surface area contributed by atoms with Gasteiger partial charge in [0, 0.05) is 12.1 Å². The van der Waals surface area contributed by atoms with Gasteiger partial charge < -0.3 is 10.5 Å². The van der Waals surface area contributed by atoms with Crippen molar-refractivity contribution in [3.63, 3.8) is 0 Å². The summed E-state index contributed by atoms with van der Waals surface area (Å²) in [6, 6.07) is 9.49. The fourth-order valence-electron chi connectivity index (χ4n) is 1.11. The summed E-state index contributed by atoms with van der Waals surface area (Å²) in [6.45, 7) is 2.17. The van der Waals surface area contributed by atoms with Crippen molar-refractivity contribution in [2.24, 2.45) is 0 Å². The Balaban J connectivity index is 0.000000262. The van der Waals surface area contributed by atoms with Crippen molar-refractivity contribution in [2.75, 3.05) is 5.73 Å². The molecule has 0 fully saturated rings. The molecular weight excluding hydrogens is 186 g/mol. The fourth-order valence-corrected chi connectivity index (χ4v) is 1.11. The van der Waals surface area contributed by atoms with E-state index in [9.17, 15) is 4.79 Å². The molecule has 2 N–H and O–H groups in total. The number of nitrogen functional groups attached to an aromatic ring is 1. The van der Waals surface area contributed by atoms with Gasteiger partial charge in [-0.2, -0.15) is 0 Å². The summed E-state index contributed by atoms with van der Waals surface area (Å²) in [5.74, 6) is 0. The van der Waals surface area contributed by atoms with Crippen molar-refractivity contribution in [3.8, 4) is 0 Å². The van der Waals surface area contributed by atoms with Gasteiger partial charge in [0.05, 0.1) is 0 Å². The molecule has 1 aromatic rings. The normalized spacial score (nSPS) is 8.87. The highest BCUT2D eigenvalue weighted by molar-refractivity contribution is 5.48. The van der Waals surface area contributed by atoms with Crippen LogP contribution in [0.1, 0.15) is 39.0 Å². The number of rotatable bonds is 5. The average Bonchev–Trinajstić information content (AvgIpc) is 2.27. The van der Waals surface area contributed by atoms with E-state index in [1.807, 2.05) is 30.3 Å². The number of anilines is 1. The van der Waals surface area contributed by atoms with Gasteiger partial charge in [-0.3, -0.25) is 0 Å². The van der Waals surface area contributed by atoms with Crippen LogP contribution >= 0.6 is 0 Å². The summed E-state index contributed by atoms with van der Waals surface area (Å²) in [4.78, 5) is 9.77. The number of hydrogen-bond donors (Lipinski definition) is 1. The number of unbranched alkanes of at least 4 members (excludes halogenated alkanes) is 4. The van der Waals surface area contributed by atoms with Gasteiger partial charge in [0.25, 0.3) is 0 Å². The molecule has 0 spiro atoms. The van der Waals surface area contributed by atoms with Crippen LogP contribution in [-0.4, -0.2) is 6.29 Å². The summed E-state index contributed by atoms with van der Waals surface area (Å²) in [6.07, 6.45) is 6.56. The largest absolute Gasteiger partial charge is 0.399 e. The van der Waals surface area contributed by atoms with Crippen molar-refractivity contribution in [2.45, 2.75) is 39.0 Å². The number of aldehydes is 1. The molecule has 1 aromatic carbocycles.